The first-order valence-corrected chi connectivity index (χ1v) is 9.90. The summed E-state index contributed by atoms with van der Waals surface area (Å²) in [7, 11) is 1.57. The number of carbonyl (C=O) groups is 2. The highest BCUT2D eigenvalue weighted by atomic mass is 16.5. The van der Waals surface area contributed by atoms with Crippen LogP contribution in [0.5, 0.6) is 17.2 Å². The van der Waals surface area contributed by atoms with E-state index in [2.05, 4.69) is 0 Å². The van der Waals surface area contributed by atoms with Gasteiger partial charge in [0.1, 0.15) is 17.2 Å². The lowest BCUT2D eigenvalue weighted by Gasteiger charge is -2.22. The van der Waals surface area contributed by atoms with Crippen molar-refractivity contribution in [2.45, 2.75) is 19.8 Å². The number of nitrogens with zero attached hydrogens (tertiary/aromatic N) is 2. The van der Waals surface area contributed by atoms with Crippen molar-refractivity contribution in [2.75, 3.05) is 38.4 Å². The van der Waals surface area contributed by atoms with Gasteiger partial charge in [-0.1, -0.05) is 0 Å². The summed E-state index contributed by atoms with van der Waals surface area (Å²) in [6.07, 6.45) is 0.156. The largest absolute Gasteiger partial charge is 0.497 e. The molecule has 0 aliphatic carbocycles. The Morgan fingerprint density at radius 3 is 2.19 bits per heavy atom. The number of esters is 1. The molecule has 0 fully saturated rings. The van der Waals surface area contributed by atoms with E-state index in [0.717, 1.165) is 0 Å². The third kappa shape index (κ3) is 7.90. The van der Waals surface area contributed by atoms with E-state index in [9.17, 15) is 9.59 Å². The van der Waals surface area contributed by atoms with Crippen LogP contribution in [0, 0.1) is 11.3 Å². The van der Waals surface area contributed by atoms with Gasteiger partial charge in [-0.05, 0) is 55.5 Å². The number of hydrogen-bond donors (Lipinski definition) is 0. The van der Waals surface area contributed by atoms with Crippen molar-refractivity contribution >= 4 is 17.6 Å². The van der Waals surface area contributed by atoms with Crippen LogP contribution in [0.15, 0.2) is 48.5 Å². The fourth-order valence-electron chi connectivity index (χ4n) is 2.67. The van der Waals surface area contributed by atoms with Gasteiger partial charge in [-0.2, -0.15) is 5.26 Å². The third-order valence-corrected chi connectivity index (χ3v) is 4.20. The fraction of sp³-hybridized carbons (Fsp3) is 0.348. The van der Waals surface area contributed by atoms with Gasteiger partial charge in [0.2, 0.25) is 0 Å². The first-order valence-electron chi connectivity index (χ1n) is 9.90. The van der Waals surface area contributed by atoms with Gasteiger partial charge >= 0.3 is 5.97 Å². The minimum Gasteiger partial charge on any atom is -0.497 e. The molecule has 2 rings (SSSR count). The molecule has 0 unspecified atom stereocenters. The van der Waals surface area contributed by atoms with Gasteiger partial charge < -0.3 is 23.8 Å². The molecule has 1 amide bonds. The molecule has 0 heterocycles. The quantitative estimate of drug-likeness (QED) is 0.480. The Hall–Kier alpha value is -3.73. The van der Waals surface area contributed by atoms with Crippen LogP contribution in [0.25, 0.3) is 0 Å². The van der Waals surface area contributed by atoms with Crippen LogP contribution < -0.4 is 19.1 Å². The number of methoxy groups -OCH3 is 1. The molecule has 8 heteroatoms. The van der Waals surface area contributed by atoms with Crippen LogP contribution in [-0.4, -0.2) is 45.4 Å². The van der Waals surface area contributed by atoms with E-state index in [1.54, 1.807) is 55.6 Å². The van der Waals surface area contributed by atoms with Crippen LogP contribution in [0.2, 0.25) is 0 Å². The molecular weight excluding hydrogens is 400 g/mol. The molecule has 0 aliphatic rings. The summed E-state index contributed by atoms with van der Waals surface area (Å²) in [6, 6.07) is 15.9. The highest BCUT2D eigenvalue weighted by Gasteiger charge is 2.18. The molecule has 8 nitrogen and oxygen atoms in total. The Kier molecular flexibility index (Phi) is 9.69. The standard InChI is InChI=1S/C23H26N2O6/c1-3-29-20-7-5-18(6-8-20)25(15-4-14-24)22(26)17-31-23(27)13-16-30-21-11-9-19(28-2)10-12-21/h5-12H,3-4,13,15-17H2,1-2H3. The molecule has 2 aromatic rings. The lowest BCUT2D eigenvalue weighted by Crippen LogP contribution is -2.35. The normalized spacial score (nSPS) is 9.97. The predicted molar refractivity (Wildman–Crippen MR) is 114 cm³/mol. The summed E-state index contributed by atoms with van der Waals surface area (Å²) in [5, 5.41) is 8.88. The minimum atomic E-state index is -0.547. The monoisotopic (exact) mass is 426 g/mol. The van der Waals surface area contributed by atoms with Gasteiger partial charge in [0.05, 0.1) is 39.2 Å². The van der Waals surface area contributed by atoms with E-state index >= 15 is 0 Å². The molecule has 0 radical (unpaired) electrons. The zero-order chi connectivity index (χ0) is 22.5. The second-order valence-corrected chi connectivity index (χ2v) is 6.32. The van der Waals surface area contributed by atoms with Crippen LogP contribution in [0.3, 0.4) is 0 Å². The first kappa shape index (κ1) is 23.5. The second kappa shape index (κ2) is 12.8. The van der Waals surface area contributed by atoms with Crippen molar-refractivity contribution in [3.8, 4) is 23.3 Å². The SMILES string of the molecule is CCOc1ccc(N(CCC#N)C(=O)COC(=O)CCOc2ccc(OC)cc2)cc1. The van der Waals surface area contributed by atoms with Crippen molar-refractivity contribution < 1.29 is 28.5 Å². The number of nitriles is 1. The van der Waals surface area contributed by atoms with Gasteiger partial charge in [0, 0.05) is 12.2 Å². The summed E-state index contributed by atoms with van der Waals surface area (Å²) >= 11 is 0. The first-order chi connectivity index (χ1) is 15.1. The number of amides is 1. The Morgan fingerprint density at radius 1 is 0.968 bits per heavy atom. The van der Waals surface area contributed by atoms with E-state index in [4.69, 9.17) is 24.2 Å². The van der Waals surface area contributed by atoms with Gasteiger partial charge in [-0.25, -0.2) is 0 Å². The number of ether oxygens (including phenoxy) is 4. The number of anilines is 1. The van der Waals surface area contributed by atoms with Gasteiger partial charge in [-0.3, -0.25) is 9.59 Å². The molecular formula is C23H26N2O6. The minimum absolute atomic E-state index is 0.000554. The molecule has 2 aromatic carbocycles. The van der Waals surface area contributed by atoms with Crippen molar-refractivity contribution in [1.82, 2.24) is 0 Å². The molecule has 0 atom stereocenters. The Labute approximate surface area is 181 Å². The number of benzene rings is 2. The van der Waals surface area contributed by atoms with Gasteiger partial charge in [0.25, 0.3) is 5.91 Å². The van der Waals surface area contributed by atoms with E-state index in [0.29, 0.717) is 29.5 Å². The molecule has 0 aliphatic heterocycles. The van der Waals surface area contributed by atoms with Gasteiger partial charge in [0.15, 0.2) is 6.61 Å². The second-order valence-electron chi connectivity index (χ2n) is 6.32. The summed E-state index contributed by atoms with van der Waals surface area (Å²) in [6.45, 7) is 2.32. The number of hydrogen-bond acceptors (Lipinski definition) is 7. The zero-order valence-electron chi connectivity index (χ0n) is 17.7. The van der Waals surface area contributed by atoms with E-state index < -0.39 is 18.5 Å². The number of rotatable bonds is 12. The van der Waals surface area contributed by atoms with E-state index in [-0.39, 0.29) is 26.0 Å². The Morgan fingerprint density at radius 2 is 1.58 bits per heavy atom. The highest BCUT2D eigenvalue weighted by molar-refractivity contribution is 5.95. The average Bonchev–Trinajstić information content (AvgIpc) is 2.79. The molecule has 0 saturated carbocycles. The van der Waals surface area contributed by atoms with Crippen molar-refractivity contribution in [1.29, 1.82) is 5.26 Å². The van der Waals surface area contributed by atoms with Crippen molar-refractivity contribution in [3.63, 3.8) is 0 Å². The highest BCUT2D eigenvalue weighted by Crippen LogP contribution is 2.20. The number of carbonyl (C=O) groups excluding carboxylic acids is 2. The molecule has 0 bridgehead atoms. The lowest BCUT2D eigenvalue weighted by atomic mass is 10.2. The van der Waals surface area contributed by atoms with Crippen LogP contribution in [-0.2, 0) is 14.3 Å². The smallest absolute Gasteiger partial charge is 0.309 e. The fourth-order valence-corrected chi connectivity index (χ4v) is 2.67. The van der Waals surface area contributed by atoms with Crippen molar-refractivity contribution in [2.24, 2.45) is 0 Å². The predicted octanol–water partition coefficient (Wildman–Crippen LogP) is 3.35. The Bertz CT molecular complexity index is 874. The summed E-state index contributed by atoms with van der Waals surface area (Å²) in [5.74, 6) is 1.03. The average molecular weight is 426 g/mol. The van der Waals surface area contributed by atoms with E-state index in [1.807, 2.05) is 13.0 Å². The van der Waals surface area contributed by atoms with Gasteiger partial charge in [-0.15, -0.1) is 0 Å². The zero-order valence-corrected chi connectivity index (χ0v) is 17.7. The Balaban J connectivity index is 1.83. The maximum Gasteiger partial charge on any atom is 0.309 e. The molecule has 0 spiro atoms. The van der Waals surface area contributed by atoms with Crippen LogP contribution in [0.4, 0.5) is 5.69 Å². The third-order valence-electron chi connectivity index (χ3n) is 4.20. The summed E-state index contributed by atoms with van der Waals surface area (Å²) in [5.41, 5.74) is 0.600. The maximum absolute atomic E-state index is 12.6. The molecule has 0 aromatic heterocycles. The van der Waals surface area contributed by atoms with E-state index in [1.165, 1.54) is 4.90 Å². The molecule has 164 valence electrons. The topological polar surface area (TPSA) is 98.1 Å². The lowest BCUT2D eigenvalue weighted by molar-refractivity contribution is -0.148. The molecule has 0 N–H and O–H groups in total. The van der Waals surface area contributed by atoms with Crippen molar-refractivity contribution in [3.05, 3.63) is 48.5 Å². The molecule has 31 heavy (non-hydrogen) atoms. The maximum atomic E-state index is 12.6. The van der Waals surface area contributed by atoms with Crippen LogP contribution in [0.1, 0.15) is 19.8 Å². The summed E-state index contributed by atoms with van der Waals surface area (Å²) in [4.78, 5) is 26.0. The molecule has 0 saturated heterocycles. The van der Waals surface area contributed by atoms with Crippen LogP contribution >= 0.6 is 0 Å². The summed E-state index contributed by atoms with van der Waals surface area (Å²) < 4.78 is 21.0.